The first-order valence-electron chi connectivity index (χ1n) is 4.13. The molecular formula is C9H7F4NO2. The Bertz CT molecular complexity index is 410. The van der Waals surface area contributed by atoms with Gasteiger partial charge in [0.15, 0.2) is 23.5 Å². The molecule has 0 fully saturated rings. The second kappa shape index (κ2) is 4.38. The number of rotatable bonds is 3. The highest BCUT2D eigenvalue weighted by Crippen LogP contribution is 2.27. The molecule has 1 amide bonds. The Morgan fingerprint density at radius 2 is 1.69 bits per heavy atom. The summed E-state index contributed by atoms with van der Waals surface area (Å²) in [5.41, 5.74) is 4.76. The Morgan fingerprint density at radius 1 is 1.25 bits per heavy atom. The molecule has 88 valence electrons. The Kier molecular flexibility index (Phi) is 3.36. The van der Waals surface area contributed by atoms with Crippen LogP contribution >= 0.6 is 0 Å². The molecule has 0 bridgehead atoms. The third kappa shape index (κ3) is 2.23. The van der Waals surface area contributed by atoms with E-state index in [1.54, 1.807) is 0 Å². The van der Waals surface area contributed by atoms with Crippen LogP contribution in [0.4, 0.5) is 17.6 Å². The van der Waals surface area contributed by atoms with Crippen LogP contribution in [-0.4, -0.2) is 12.0 Å². The van der Waals surface area contributed by atoms with Crippen molar-refractivity contribution in [3.05, 3.63) is 29.3 Å². The number of nitrogens with two attached hydrogens (primary N) is 1. The fourth-order valence-corrected chi connectivity index (χ4v) is 0.890. The van der Waals surface area contributed by atoms with Gasteiger partial charge >= 0.3 is 0 Å². The van der Waals surface area contributed by atoms with Crippen molar-refractivity contribution in [1.29, 1.82) is 0 Å². The van der Waals surface area contributed by atoms with E-state index in [1.807, 2.05) is 0 Å². The molecule has 3 nitrogen and oxygen atoms in total. The van der Waals surface area contributed by atoms with Gasteiger partial charge in [0, 0.05) is 6.07 Å². The number of carbonyl (C=O) groups excluding carboxylic acids is 1. The summed E-state index contributed by atoms with van der Waals surface area (Å²) in [7, 11) is 0. The Morgan fingerprint density at radius 3 is 2.06 bits per heavy atom. The van der Waals surface area contributed by atoms with Gasteiger partial charge in [-0.2, -0.15) is 8.78 Å². The molecule has 1 atom stereocenters. The number of hydrogen-bond donors (Lipinski definition) is 1. The molecule has 2 N–H and O–H groups in total. The van der Waals surface area contributed by atoms with E-state index in [0.29, 0.717) is 0 Å². The van der Waals surface area contributed by atoms with Crippen LogP contribution in [0.15, 0.2) is 6.07 Å². The van der Waals surface area contributed by atoms with Crippen molar-refractivity contribution in [2.75, 3.05) is 0 Å². The first kappa shape index (κ1) is 12.3. The van der Waals surface area contributed by atoms with Gasteiger partial charge in [0.25, 0.3) is 5.91 Å². The molecule has 0 aliphatic heterocycles. The van der Waals surface area contributed by atoms with Crippen LogP contribution in [0.25, 0.3) is 0 Å². The van der Waals surface area contributed by atoms with Gasteiger partial charge in [-0.25, -0.2) is 8.78 Å². The van der Waals surface area contributed by atoms with Crippen molar-refractivity contribution in [1.82, 2.24) is 0 Å². The third-order valence-electron chi connectivity index (χ3n) is 1.77. The smallest absolute Gasteiger partial charge is 0.258 e. The minimum Gasteiger partial charge on any atom is -0.475 e. The van der Waals surface area contributed by atoms with Crippen molar-refractivity contribution in [2.24, 2.45) is 5.73 Å². The van der Waals surface area contributed by atoms with Gasteiger partial charge in [0.1, 0.15) is 0 Å². The van der Waals surface area contributed by atoms with Gasteiger partial charge in [-0.1, -0.05) is 0 Å². The maximum atomic E-state index is 13.0. The SMILES string of the molecule is CC(Oc1c(F)c(F)cc(F)c1F)C(N)=O. The lowest BCUT2D eigenvalue weighted by molar-refractivity contribution is -0.124. The fraction of sp³-hybridized carbons (Fsp3) is 0.222. The molecule has 1 unspecified atom stereocenters. The van der Waals surface area contributed by atoms with Crippen LogP contribution in [0.5, 0.6) is 5.75 Å². The molecule has 0 aromatic heterocycles. The van der Waals surface area contributed by atoms with Gasteiger partial charge < -0.3 is 10.5 Å². The Labute approximate surface area is 87.8 Å². The van der Waals surface area contributed by atoms with Gasteiger partial charge in [0.2, 0.25) is 11.6 Å². The third-order valence-corrected chi connectivity index (χ3v) is 1.77. The van der Waals surface area contributed by atoms with Gasteiger partial charge in [-0.15, -0.1) is 0 Å². The van der Waals surface area contributed by atoms with Crippen LogP contribution in [0.1, 0.15) is 6.92 Å². The summed E-state index contributed by atoms with van der Waals surface area (Å²) in [6.07, 6.45) is -1.41. The average molecular weight is 237 g/mol. The lowest BCUT2D eigenvalue weighted by atomic mass is 10.3. The van der Waals surface area contributed by atoms with Crippen LogP contribution in [0.3, 0.4) is 0 Å². The molecule has 0 radical (unpaired) electrons. The Hall–Kier alpha value is -1.79. The second-order valence-electron chi connectivity index (χ2n) is 2.96. The predicted molar refractivity (Wildman–Crippen MR) is 45.6 cm³/mol. The number of primary amides is 1. The molecule has 1 aromatic carbocycles. The molecule has 0 saturated carbocycles. The largest absolute Gasteiger partial charge is 0.475 e. The number of hydrogen-bond acceptors (Lipinski definition) is 2. The molecule has 0 saturated heterocycles. The van der Waals surface area contributed by atoms with E-state index in [-0.39, 0.29) is 6.07 Å². The van der Waals surface area contributed by atoms with Crippen LogP contribution in [-0.2, 0) is 4.79 Å². The summed E-state index contributed by atoms with van der Waals surface area (Å²) >= 11 is 0. The summed E-state index contributed by atoms with van der Waals surface area (Å²) in [5.74, 6) is -9.00. The van der Waals surface area contributed by atoms with Crippen molar-refractivity contribution < 1.29 is 27.1 Å². The number of halogens is 4. The molecule has 1 aromatic rings. The summed E-state index contributed by atoms with van der Waals surface area (Å²) in [6.45, 7) is 1.09. The quantitative estimate of drug-likeness (QED) is 0.639. The zero-order chi connectivity index (χ0) is 12.5. The molecule has 0 aliphatic carbocycles. The highest BCUT2D eigenvalue weighted by atomic mass is 19.2. The monoisotopic (exact) mass is 237 g/mol. The molecule has 0 aliphatic rings. The molecule has 7 heteroatoms. The van der Waals surface area contributed by atoms with Crippen LogP contribution in [0.2, 0.25) is 0 Å². The molecule has 16 heavy (non-hydrogen) atoms. The lowest BCUT2D eigenvalue weighted by Gasteiger charge is -2.13. The number of benzene rings is 1. The highest BCUT2D eigenvalue weighted by molar-refractivity contribution is 5.78. The summed E-state index contributed by atoms with van der Waals surface area (Å²) in [6, 6.07) is 0.0342. The first-order chi connectivity index (χ1) is 7.34. The minimum atomic E-state index is -1.72. The first-order valence-corrected chi connectivity index (χ1v) is 4.13. The standard InChI is InChI=1S/C9H7F4NO2/c1-3(9(14)15)16-8-6(12)4(10)2-5(11)7(8)13/h2-3H,1H3,(H2,14,15). The fourth-order valence-electron chi connectivity index (χ4n) is 0.890. The zero-order valence-electron chi connectivity index (χ0n) is 8.06. The van der Waals surface area contributed by atoms with E-state index >= 15 is 0 Å². The lowest BCUT2D eigenvalue weighted by Crippen LogP contribution is -2.31. The number of ether oxygens (including phenoxy) is 1. The Balaban J connectivity index is 3.17. The van der Waals surface area contributed by atoms with E-state index in [1.165, 1.54) is 0 Å². The van der Waals surface area contributed by atoms with Crippen molar-refractivity contribution in [3.8, 4) is 5.75 Å². The van der Waals surface area contributed by atoms with Crippen LogP contribution < -0.4 is 10.5 Å². The number of carbonyl (C=O) groups is 1. The van der Waals surface area contributed by atoms with E-state index < -0.39 is 41.0 Å². The normalized spacial score (nSPS) is 12.3. The van der Waals surface area contributed by atoms with E-state index in [4.69, 9.17) is 5.73 Å². The van der Waals surface area contributed by atoms with E-state index in [0.717, 1.165) is 6.92 Å². The maximum Gasteiger partial charge on any atom is 0.258 e. The van der Waals surface area contributed by atoms with Gasteiger partial charge in [-0.3, -0.25) is 4.79 Å². The van der Waals surface area contributed by atoms with E-state index in [9.17, 15) is 22.4 Å². The van der Waals surface area contributed by atoms with Crippen LogP contribution in [0, 0.1) is 23.3 Å². The average Bonchev–Trinajstić information content (AvgIpc) is 2.21. The van der Waals surface area contributed by atoms with Crippen molar-refractivity contribution >= 4 is 5.91 Å². The molecule has 1 rings (SSSR count). The van der Waals surface area contributed by atoms with E-state index in [2.05, 4.69) is 4.74 Å². The summed E-state index contributed by atoms with van der Waals surface area (Å²) in [4.78, 5) is 10.6. The van der Waals surface area contributed by atoms with Crippen molar-refractivity contribution in [3.63, 3.8) is 0 Å². The minimum absolute atomic E-state index is 0.0342. The zero-order valence-corrected chi connectivity index (χ0v) is 8.06. The molecule has 0 spiro atoms. The topological polar surface area (TPSA) is 52.3 Å². The highest BCUT2D eigenvalue weighted by Gasteiger charge is 2.23. The number of amides is 1. The van der Waals surface area contributed by atoms with Gasteiger partial charge in [0.05, 0.1) is 0 Å². The maximum absolute atomic E-state index is 13.0. The summed E-state index contributed by atoms with van der Waals surface area (Å²) < 4.78 is 55.8. The molecule has 0 heterocycles. The van der Waals surface area contributed by atoms with Crippen molar-refractivity contribution in [2.45, 2.75) is 13.0 Å². The summed E-state index contributed by atoms with van der Waals surface area (Å²) in [5, 5.41) is 0. The predicted octanol–water partition coefficient (Wildman–Crippen LogP) is 1.50. The molecular weight excluding hydrogens is 230 g/mol. The second-order valence-corrected chi connectivity index (χ2v) is 2.96. The van der Waals surface area contributed by atoms with Gasteiger partial charge in [-0.05, 0) is 6.92 Å².